The van der Waals surface area contributed by atoms with Crippen LogP contribution in [-0.4, -0.2) is 29.4 Å². The normalized spacial score (nSPS) is 14.0. The van der Waals surface area contributed by atoms with E-state index in [0.717, 1.165) is 11.0 Å². The number of hydrogen-bond acceptors (Lipinski definition) is 4. The van der Waals surface area contributed by atoms with Crippen molar-refractivity contribution in [1.29, 1.82) is 0 Å². The Morgan fingerprint density at radius 1 is 1.41 bits per heavy atom. The van der Waals surface area contributed by atoms with Gasteiger partial charge in [-0.3, -0.25) is 13.9 Å². The number of terminal acetylenes is 1. The number of fused-ring (bicyclic) bond motifs is 1. The Kier molecular flexibility index (Phi) is 4.24. The molecule has 2 heterocycles. The molecule has 0 fully saturated rings. The van der Waals surface area contributed by atoms with Crippen molar-refractivity contribution < 1.29 is 5.11 Å². The highest BCUT2D eigenvalue weighted by molar-refractivity contribution is 5.69. The largest absolute Gasteiger partial charge is 0.378 e. The van der Waals surface area contributed by atoms with Gasteiger partial charge in [-0.2, -0.15) is 0 Å². The van der Waals surface area contributed by atoms with Gasteiger partial charge >= 0.3 is 5.69 Å². The monoisotopic (exact) mass is 304 g/mol. The minimum Gasteiger partial charge on any atom is -0.378 e. The summed E-state index contributed by atoms with van der Waals surface area (Å²) in [6.45, 7) is 4.17. The van der Waals surface area contributed by atoms with E-state index in [1.54, 1.807) is 17.9 Å². The van der Waals surface area contributed by atoms with Crippen LogP contribution in [0.15, 0.2) is 15.9 Å². The Balaban J connectivity index is 2.60. The van der Waals surface area contributed by atoms with Gasteiger partial charge in [-0.15, -0.1) is 6.42 Å². The lowest BCUT2D eigenvalue weighted by Gasteiger charge is -2.17. The van der Waals surface area contributed by atoms with Crippen LogP contribution in [-0.2, 0) is 20.1 Å². The molecular formula is C15H20N4O3. The summed E-state index contributed by atoms with van der Waals surface area (Å²) in [5.41, 5.74) is -1.47. The first-order valence-corrected chi connectivity index (χ1v) is 7.17. The maximum atomic E-state index is 12.6. The fraction of sp³-hybridized carbons (Fsp3) is 0.533. The molecule has 118 valence electrons. The number of aliphatic hydroxyl groups is 1. The molecule has 7 nitrogen and oxygen atoms in total. The summed E-state index contributed by atoms with van der Waals surface area (Å²) in [6, 6.07) is 0. The topological polar surface area (TPSA) is 82.1 Å². The molecule has 0 saturated heterocycles. The molecule has 0 aliphatic carbocycles. The average molecular weight is 304 g/mol. The zero-order chi connectivity index (χ0) is 16.5. The van der Waals surface area contributed by atoms with Gasteiger partial charge in [-0.25, -0.2) is 9.78 Å². The number of imidazole rings is 1. The molecule has 2 rings (SSSR count). The second kappa shape index (κ2) is 5.81. The molecule has 1 N–H and O–H groups in total. The number of aromatic nitrogens is 4. The molecule has 22 heavy (non-hydrogen) atoms. The number of aryl methyl sites for hydroxylation is 2. The first-order chi connectivity index (χ1) is 10.3. The van der Waals surface area contributed by atoms with Crippen molar-refractivity contribution in [1.82, 2.24) is 18.7 Å². The number of nitrogens with zero attached hydrogens (tertiary/aromatic N) is 4. The van der Waals surface area contributed by atoms with Crippen LogP contribution in [0.5, 0.6) is 0 Å². The summed E-state index contributed by atoms with van der Waals surface area (Å²) in [6.07, 6.45) is 7.76. The lowest BCUT2D eigenvalue weighted by atomic mass is 10.0. The minimum absolute atomic E-state index is 0.0515. The van der Waals surface area contributed by atoms with E-state index in [1.165, 1.54) is 11.5 Å². The van der Waals surface area contributed by atoms with Crippen molar-refractivity contribution in [2.45, 2.75) is 45.4 Å². The smallest absolute Gasteiger partial charge is 0.332 e. The summed E-state index contributed by atoms with van der Waals surface area (Å²) >= 11 is 0. The molecule has 1 unspecified atom stereocenters. The third-order valence-corrected chi connectivity index (χ3v) is 3.70. The third-order valence-electron chi connectivity index (χ3n) is 3.70. The van der Waals surface area contributed by atoms with Gasteiger partial charge in [0.2, 0.25) is 0 Å². The van der Waals surface area contributed by atoms with Crippen molar-refractivity contribution >= 4 is 11.2 Å². The summed E-state index contributed by atoms with van der Waals surface area (Å²) in [7, 11) is 1.57. The quantitative estimate of drug-likeness (QED) is 0.793. The van der Waals surface area contributed by atoms with E-state index in [4.69, 9.17) is 6.42 Å². The van der Waals surface area contributed by atoms with Crippen LogP contribution in [0.2, 0.25) is 0 Å². The summed E-state index contributed by atoms with van der Waals surface area (Å²) in [4.78, 5) is 29.1. The molecule has 0 aliphatic heterocycles. The fourth-order valence-corrected chi connectivity index (χ4v) is 2.33. The fourth-order valence-electron chi connectivity index (χ4n) is 2.33. The molecule has 0 spiro atoms. The molecule has 1 atom stereocenters. The van der Waals surface area contributed by atoms with Crippen LogP contribution in [0.4, 0.5) is 0 Å². The van der Waals surface area contributed by atoms with Crippen LogP contribution in [0.3, 0.4) is 0 Å². The van der Waals surface area contributed by atoms with Crippen LogP contribution < -0.4 is 11.2 Å². The zero-order valence-electron chi connectivity index (χ0n) is 13.0. The molecule has 0 aliphatic rings. The van der Waals surface area contributed by atoms with Crippen molar-refractivity contribution in [2.24, 2.45) is 7.05 Å². The molecule has 0 saturated carbocycles. The Morgan fingerprint density at radius 3 is 2.68 bits per heavy atom. The van der Waals surface area contributed by atoms with Gasteiger partial charge < -0.3 is 9.67 Å². The van der Waals surface area contributed by atoms with Gasteiger partial charge in [0.15, 0.2) is 11.2 Å². The standard InChI is InChI=1S/C15H20N4O3/c1-5-8-18-10-16-12-11(18)13(20)19(14(21)17(12)4)9-7-15(3,22)6-2/h2,10,22H,5,7-9H2,1,3-4H3. The van der Waals surface area contributed by atoms with E-state index in [0.29, 0.717) is 17.7 Å². The molecule has 7 heteroatoms. The van der Waals surface area contributed by atoms with E-state index in [1.807, 2.05) is 6.92 Å². The number of rotatable bonds is 5. The molecular weight excluding hydrogens is 284 g/mol. The van der Waals surface area contributed by atoms with Gasteiger partial charge in [0.25, 0.3) is 5.56 Å². The molecule has 2 aromatic heterocycles. The predicted octanol–water partition coefficient (Wildman–Crippen LogP) is 0.0810. The lowest BCUT2D eigenvalue weighted by molar-refractivity contribution is 0.106. The molecule has 0 radical (unpaired) electrons. The van der Waals surface area contributed by atoms with E-state index >= 15 is 0 Å². The highest BCUT2D eigenvalue weighted by Crippen LogP contribution is 2.09. The average Bonchev–Trinajstić information content (AvgIpc) is 2.89. The Bertz CT molecular complexity index is 849. The van der Waals surface area contributed by atoms with Gasteiger partial charge in [-0.05, 0) is 13.3 Å². The Labute approximate surface area is 127 Å². The zero-order valence-corrected chi connectivity index (χ0v) is 13.0. The summed E-state index contributed by atoms with van der Waals surface area (Å²) in [5, 5.41) is 9.87. The molecule has 0 bridgehead atoms. The van der Waals surface area contributed by atoms with Crippen molar-refractivity contribution in [3.8, 4) is 12.3 Å². The molecule has 0 aromatic carbocycles. The summed E-state index contributed by atoms with van der Waals surface area (Å²) < 4.78 is 4.18. The van der Waals surface area contributed by atoms with E-state index < -0.39 is 16.9 Å². The van der Waals surface area contributed by atoms with Gasteiger partial charge in [0.1, 0.15) is 5.60 Å². The number of hydrogen-bond donors (Lipinski definition) is 1. The maximum Gasteiger partial charge on any atom is 0.332 e. The highest BCUT2D eigenvalue weighted by atomic mass is 16.3. The van der Waals surface area contributed by atoms with Crippen LogP contribution in [0, 0.1) is 12.3 Å². The van der Waals surface area contributed by atoms with Crippen LogP contribution in [0.1, 0.15) is 26.7 Å². The van der Waals surface area contributed by atoms with Crippen LogP contribution in [0.25, 0.3) is 11.2 Å². The maximum absolute atomic E-state index is 12.6. The highest BCUT2D eigenvalue weighted by Gasteiger charge is 2.20. The van der Waals surface area contributed by atoms with Crippen molar-refractivity contribution in [3.05, 3.63) is 27.2 Å². The first-order valence-electron chi connectivity index (χ1n) is 7.17. The Hall–Kier alpha value is -2.33. The van der Waals surface area contributed by atoms with Crippen molar-refractivity contribution in [3.63, 3.8) is 0 Å². The SMILES string of the molecule is C#CC(C)(O)CCn1c(=O)c2c(ncn2CCC)n(C)c1=O. The summed E-state index contributed by atoms with van der Waals surface area (Å²) in [5.74, 6) is 2.24. The van der Waals surface area contributed by atoms with Crippen LogP contribution >= 0.6 is 0 Å². The predicted molar refractivity (Wildman–Crippen MR) is 83.6 cm³/mol. The van der Waals surface area contributed by atoms with Gasteiger partial charge in [-0.1, -0.05) is 12.8 Å². The second-order valence-electron chi connectivity index (χ2n) is 5.58. The van der Waals surface area contributed by atoms with Crippen molar-refractivity contribution in [2.75, 3.05) is 0 Å². The van der Waals surface area contributed by atoms with E-state index in [2.05, 4.69) is 10.9 Å². The second-order valence-corrected chi connectivity index (χ2v) is 5.58. The van der Waals surface area contributed by atoms with Gasteiger partial charge in [0, 0.05) is 26.6 Å². The molecule has 2 aromatic rings. The Morgan fingerprint density at radius 2 is 2.09 bits per heavy atom. The van der Waals surface area contributed by atoms with Gasteiger partial charge in [0.05, 0.1) is 6.33 Å². The first kappa shape index (κ1) is 16.0. The minimum atomic E-state index is -1.36. The molecule has 0 amide bonds. The van der Waals surface area contributed by atoms with E-state index in [-0.39, 0.29) is 13.0 Å². The van der Waals surface area contributed by atoms with E-state index in [9.17, 15) is 14.7 Å². The lowest BCUT2D eigenvalue weighted by Crippen LogP contribution is -2.41. The third kappa shape index (κ3) is 2.70.